The van der Waals surface area contributed by atoms with E-state index in [2.05, 4.69) is 9.88 Å². The molecule has 1 aromatic rings. The SMILES string of the molecule is CC.O=[N+]([O-])c1ccc(N2CCC3(CC(O)CO3)C2)cn1. The molecule has 0 bridgehead atoms. The minimum Gasteiger partial charge on any atom is -0.391 e. The summed E-state index contributed by atoms with van der Waals surface area (Å²) in [6, 6.07) is 3.11. The molecule has 3 rings (SSSR count). The van der Waals surface area contributed by atoms with Crippen LogP contribution in [0.5, 0.6) is 0 Å². The van der Waals surface area contributed by atoms with Crippen molar-refractivity contribution in [2.24, 2.45) is 0 Å². The Hall–Kier alpha value is -1.73. The van der Waals surface area contributed by atoms with E-state index in [-0.39, 0.29) is 17.5 Å². The van der Waals surface area contributed by atoms with E-state index in [1.165, 1.54) is 12.3 Å². The van der Waals surface area contributed by atoms with E-state index in [0.29, 0.717) is 19.6 Å². The molecule has 2 aliphatic heterocycles. The fourth-order valence-electron chi connectivity index (χ4n) is 2.84. The predicted octanol–water partition coefficient (Wildman–Crippen LogP) is 1.75. The van der Waals surface area contributed by atoms with Crippen molar-refractivity contribution in [2.75, 3.05) is 24.6 Å². The standard InChI is InChI=1S/C12H15N3O4.C2H6/c16-10-5-12(19-7-10)3-4-14(8-12)9-1-2-11(13-6-9)15(17)18;1-2/h1-2,6,10,16H,3-5,7-8H2;1-2H3. The Morgan fingerprint density at radius 3 is 2.81 bits per heavy atom. The van der Waals surface area contributed by atoms with Crippen LogP contribution in [0.2, 0.25) is 0 Å². The van der Waals surface area contributed by atoms with Crippen LogP contribution in [0.3, 0.4) is 0 Å². The van der Waals surface area contributed by atoms with Gasteiger partial charge >= 0.3 is 5.82 Å². The van der Waals surface area contributed by atoms with E-state index in [9.17, 15) is 15.2 Å². The minimum atomic E-state index is -0.508. The van der Waals surface area contributed by atoms with Gasteiger partial charge in [-0.15, -0.1) is 0 Å². The van der Waals surface area contributed by atoms with Gasteiger partial charge in [0, 0.05) is 25.6 Å². The number of aliphatic hydroxyl groups excluding tert-OH is 1. The van der Waals surface area contributed by atoms with Crippen molar-refractivity contribution in [1.29, 1.82) is 0 Å². The van der Waals surface area contributed by atoms with Gasteiger partial charge in [0.25, 0.3) is 0 Å². The van der Waals surface area contributed by atoms with E-state index in [1.807, 2.05) is 13.8 Å². The van der Waals surface area contributed by atoms with Gasteiger partial charge in [-0.1, -0.05) is 13.8 Å². The third-order valence-electron chi connectivity index (χ3n) is 3.79. The Bertz CT molecular complexity index is 493. The summed E-state index contributed by atoms with van der Waals surface area (Å²) in [6.07, 6.45) is 2.66. The second-order valence-corrected chi connectivity index (χ2v) is 5.16. The highest BCUT2D eigenvalue weighted by molar-refractivity contribution is 5.48. The predicted molar refractivity (Wildman–Crippen MR) is 78.4 cm³/mol. The average molecular weight is 295 g/mol. The van der Waals surface area contributed by atoms with Gasteiger partial charge in [0.1, 0.15) is 0 Å². The van der Waals surface area contributed by atoms with Crippen LogP contribution in [-0.4, -0.2) is 46.4 Å². The molecule has 116 valence electrons. The van der Waals surface area contributed by atoms with Gasteiger partial charge in [0.15, 0.2) is 6.20 Å². The van der Waals surface area contributed by atoms with E-state index < -0.39 is 4.92 Å². The van der Waals surface area contributed by atoms with Crippen molar-refractivity contribution in [3.05, 3.63) is 28.4 Å². The summed E-state index contributed by atoms with van der Waals surface area (Å²) in [5.74, 6) is -0.148. The Balaban J connectivity index is 0.000000774. The molecule has 0 aliphatic carbocycles. The maximum absolute atomic E-state index is 10.6. The number of hydrogen-bond acceptors (Lipinski definition) is 6. The molecule has 3 heterocycles. The van der Waals surface area contributed by atoms with Crippen LogP contribution < -0.4 is 4.90 Å². The normalized spacial score (nSPS) is 27.6. The van der Waals surface area contributed by atoms with Gasteiger partial charge in [-0.3, -0.25) is 0 Å². The molecule has 2 fully saturated rings. The van der Waals surface area contributed by atoms with Crippen LogP contribution in [0.25, 0.3) is 0 Å². The maximum Gasteiger partial charge on any atom is 0.363 e. The van der Waals surface area contributed by atoms with Crippen LogP contribution in [0.1, 0.15) is 26.7 Å². The number of aliphatic hydroxyl groups is 1. The number of rotatable bonds is 2. The van der Waals surface area contributed by atoms with Gasteiger partial charge < -0.3 is 24.9 Å². The monoisotopic (exact) mass is 295 g/mol. The number of anilines is 1. The van der Waals surface area contributed by atoms with Gasteiger partial charge in [0.05, 0.1) is 24.0 Å². The zero-order valence-corrected chi connectivity index (χ0v) is 12.4. The first-order valence-corrected chi connectivity index (χ1v) is 7.25. The smallest absolute Gasteiger partial charge is 0.363 e. The zero-order valence-electron chi connectivity index (χ0n) is 12.4. The van der Waals surface area contributed by atoms with Crippen LogP contribution in [-0.2, 0) is 4.74 Å². The van der Waals surface area contributed by atoms with Gasteiger partial charge in [0.2, 0.25) is 0 Å². The van der Waals surface area contributed by atoms with E-state index in [1.54, 1.807) is 6.07 Å². The van der Waals surface area contributed by atoms with E-state index in [4.69, 9.17) is 4.74 Å². The first kappa shape index (κ1) is 15.7. The van der Waals surface area contributed by atoms with E-state index >= 15 is 0 Å². The van der Waals surface area contributed by atoms with Gasteiger partial charge in [-0.25, -0.2) is 0 Å². The van der Waals surface area contributed by atoms with Crippen molar-refractivity contribution in [1.82, 2.24) is 4.98 Å². The molecule has 0 radical (unpaired) electrons. The van der Waals surface area contributed by atoms with Crippen molar-refractivity contribution in [3.63, 3.8) is 0 Å². The molecule has 0 amide bonds. The molecule has 2 unspecified atom stereocenters. The largest absolute Gasteiger partial charge is 0.391 e. The quantitative estimate of drug-likeness (QED) is 0.660. The summed E-state index contributed by atoms with van der Waals surface area (Å²) in [5, 5.41) is 20.1. The Morgan fingerprint density at radius 2 is 2.29 bits per heavy atom. The van der Waals surface area contributed by atoms with Crippen LogP contribution in [0, 0.1) is 10.1 Å². The molecule has 2 atom stereocenters. The van der Waals surface area contributed by atoms with Crippen LogP contribution in [0.15, 0.2) is 18.3 Å². The molecule has 2 aliphatic rings. The fourth-order valence-corrected chi connectivity index (χ4v) is 2.84. The fraction of sp³-hybridized carbons (Fsp3) is 0.643. The molecule has 7 nitrogen and oxygen atoms in total. The highest BCUT2D eigenvalue weighted by Crippen LogP contribution is 2.37. The third kappa shape index (κ3) is 3.30. The lowest BCUT2D eigenvalue weighted by molar-refractivity contribution is -0.389. The Morgan fingerprint density at radius 1 is 1.52 bits per heavy atom. The van der Waals surface area contributed by atoms with Crippen molar-refractivity contribution < 1.29 is 14.8 Å². The number of ether oxygens (including phenoxy) is 1. The summed E-state index contributed by atoms with van der Waals surface area (Å²) in [5.41, 5.74) is 0.591. The number of hydrogen-bond donors (Lipinski definition) is 1. The Kier molecular flexibility index (Phi) is 4.74. The number of nitrogens with zero attached hydrogens (tertiary/aromatic N) is 3. The minimum absolute atomic E-state index is 0.148. The lowest BCUT2D eigenvalue weighted by Crippen LogP contribution is -2.33. The van der Waals surface area contributed by atoms with Crippen LogP contribution in [0.4, 0.5) is 11.5 Å². The lowest BCUT2D eigenvalue weighted by Gasteiger charge is -2.23. The summed E-state index contributed by atoms with van der Waals surface area (Å²) in [6.45, 7) is 5.90. The van der Waals surface area contributed by atoms with Crippen LogP contribution >= 0.6 is 0 Å². The molecule has 21 heavy (non-hydrogen) atoms. The van der Waals surface area contributed by atoms with Crippen molar-refractivity contribution in [2.45, 2.75) is 38.4 Å². The molecule has 1 N–H and O–H groups in total. The summed E-state index contributed by atoms with van der Waals surface area (Å²) < 4.78 is 5.71. The molecule has 1 spiro atoms. The van der Waals surface area contributed by atoms with Gasteiger partial charge in [-0.2, -0.15) is 0 Å². The summed E-state index contributed by atoms with van der Waals surface area (Å²) >= 11 is 0. The maximum atomic E-state index is 10.6. The number of aromatic nitrogens is 1. The molecular weight excluding hydrogens is 274 g/mol. The molecule has 2 saturated heterocycles. The molecule has 7 heteroatoms. The Labute approximate surface area is 123 Å². The van der Waals surface area contributed by atoms with Crippen molar-refractivity contribution >= 4 is 11.5 Å². The second kappa shape index (κ2) is 6.36. The van der Waals surface area contributed by atoms with Crippen molar-refractivity contribution in [3.8, 4) is 0 Å². The molecular formula is C14H21N3O4. The zero-order chi connectivity index (χ0) is 15.5. The molecule has 0 saturated carbocycles. The van der Waals surface area contributed by atoms with Gasteiger partial charge in [-0.05, 0) is 22.4 Å². The second-order valence-electron chi connectivity index (χ2n) is 5.16. The molecule has 1 aromatic heterocycles. The summed E-state index contributed by atoms with van der Waals surface area (Å²) in [7, 11) is 0. The number of pyridine rings is 1. The molecule has 0 aromatic carbocycles. The highest BCUT2D eigenvalue weighted by atomic mass is 16.6. The topological polar surface area (TPSA) is 88.7 Å². The first-order valence-electron chi connectivity index (χ1n) is 7.25. The lowest BCUT2D eigenvalue weighted by atomic mass is 9.98. The number of nitro groups is 1. The highest BCUT2D eigenvalue weighted by Gasteiger charge is 2.45. The summed E-state index contributed by atoms with van der Waals surface area (Å²) in [4.78, 5) is 16.0. The first-order chi connectivity index (χ1) is 10.1. The van der Waals surface area contributed by atoms with E-state index in [0.717, 1.165) is 18.7 Å². The average Bonchev–Trinajstić information content (AvgIpc) is 3.08. The third-order valence-corrected chi connectivity index (χ3v) is 3.79.